The Morgan fingerprint density at radius 3 is 1.28 bits per heavy atom. The number of esters is 1. The summed E-state index contributed by atoms with van der Waals surface area (Å²) in [6.45, 7) is 4.51. The maximum Gasteiger partial charge on any atom is 0.306 e. The molecule has 0 aliphatic carbocycles. The van der Waals surface area contributed by atoms with E-state index in [9.17, 15) is 9.59 Å². The van der Waals surface area contributed by atoms with Crippen LogP contribution in [0.25, 0.3) is 0 Å². The van der Waals surface area contributed by atoms with Crippen molar-refractivity contribution in [1.29, 1.82) is 0 Å². The van der Waals surface area contributed by atoms with Gasteiger partial charge in [0.05, 0.1) is 0 Å². The van der Waals surface area contributed by atoms with Crippen molar-refractivity contribution >= 4 is 11.9 Å². The maximum atomic E-state index is 12.4. The average Bonchev–Trinajstić information content (AvgIpc) is 2.85. The molecule has 0 amide bonds. The Morgan fingerprint density at radius 1 is 0.500 bits per heavy atom. The van der Waals surface area contributed by atoms with Crippen molar-refractivity contribution in [3.05, 3.63) is 0 Å². The van der Waals surface area contributed by atoms with Crippen molar-refractivity contribution in [2.45, 2.75) is 193 Å². The Kier molecular flexibility index (Phi) is 27.7. The fourth-order valence-corrected chi connectivity index (χ4v) is 4.96. The smallest absolute Gasteiger partial charge is 0.306 e. The number of ether oxygens (including phenoxy) is 1. The van der Waals surface area contributed by atoms with Gasteiger partial charge in [-0.15, -0.1) is 0 Å². The van der Waals surface area contributed by atoms with Gasteiger partial charge in [0, 0.05) is 12.8 Å². The number of carboxylic acids is 1. The second-order valence-corrected chi connectivity index (χ2v) is 11.0. The lowest BCUT2D eigenvalue weighted by atomic mass is 10.0. The number of carboxylic acid groups (broad SMARTS) is 1. The Labute approximate surface area is 224 Å². The summed E-state index contributed by atoms with van der Waals surface area (Å²) < 4.78 is 5.76. The van der Waals surface area contributed by atoms with Gasteiger partial charge in [-0.2, -0.15) is 0 Å². The number of hydrogen-bond donors (Lipinski definition) is 1. The van der Waals surface area contributed by atoms with Crippen LogP contribution in [0.5, 0.6) is 0 Å². The van der Waals surface area contributed by atoms with Gasteiger partial charge in [0.2, 0.25) is 0 Å². The molecule has 1 N–H and O–H groups in total. The normalized spacial score (nSPS) is 12.1. The van der Waals surface area contributed by atoms with Gasteiger partial charge in [0.1, 0.15) is 6.10 Å². The summed E-state index contributed by atoms with van der Waals surface area (Å²) in [6.07, 6.45) is 31.1. The molecule has 1 atom stereocenters. The quantitative estimate of drug-likeness (QED) is 0.0802. The minimum absolute atomic E-state index is 0.0898. The molecule has 0 aromatic carbocycles. The van der Waals surface area contributed by atoms with Crippen molar-refractivity contribution in [1.82, 2.24) is 0 Å². The minimum Gasteiger partial charge on any atom is -0.481 e. The predicted molar refractivity (Wildman–Crippen MR) is 154 cm³/mol. The zero-order chi connectivity index (χ0) is 26.5. The summed E-state index contributed by atoms with van der Waals surface area (Å²) in [7, 11) is 0. The number of carbonyl (C=O) groups is 2. The number of hydrogen-bond acceptors (Lipinski definition) is 3. The van der Waals surface area contributed by atoms with Gasteiger partial charge in [-0.1, -0.05) is 142 Å². The molecule has 0 bridgehead atoms. The van der Waals surface area contributed by atoms with E-state index in [1.165, 1.54) is 122 Å². The molecule has 0 saturated carbocycles. The molecule has 0 aliphatic rings. The van der Waals surface area contributed by atoms with Crippen LogP contribution in [-0.2, 0) is 14.3 Å². The third-order valence-electron chi connectivity index (χ3n) is 7.33. The molecule has 0 saturated heterocycles. The molecule has 0 radical (unpaired) electrons. The molecule has 0 aromatic rings. The highest BCUT2D eigenvalue weighted by Gasteiger charge is 2.15. The number of rotatable bonds is 29. The van der Waals surface area contributed by atoms with Gasteiger partial charge in [-0.25, -0.2) is 0 Å². The SMILES string of the molecule is CCCCCCCCCCCCCCCCCC(=O)OC(CCCCCCCCC)CCCC(=O)O. The topological polar surface area (TPSA) is 63.6 Å². The summed E-state index contributed by atoms with van der Waals surface area (Å²) in [5.41, 5.74) is 0. The van der Waals surface area contributed by atoms with E-state index in [-0.39, 0.29) is 18.5 Å². The Morgan fingerprint density at radius 2 is 0.861 bits per heavy atom. The maximum absolute atomic E-state index is 12.4. The number of carbonyl (C=O) groups excluding carboxylic acids is 1. The van der Waals surface area contributed by atoms with E-state index < -0.39 is 5.97 Å². The van der Waals surface area contributed by atoms with Crippen LogP contribution in [0.1, 0.15) is 187 Å². The van der Waals surface area contributed by atoms with Gasteiger partial charge in [-0.05, 0) is 32.1 Å². The van der Waals surface area contributed by atoms with E-state index in [0.717, 1.165) is 25.7 Å². The molecule has 0 aliphatic heterocycles. The molecule has 214 valence electrons. The summed E-state index contributed by atoms with van der Waals surface area (Å²) >= 11 is 0. The number of unbranched alkanes of at least 4 members (excludes halogenated alkanes) is 20. The second kappa shape index (κ2) is 28.5. The predicted octanol–water partition coefficient (Wildman–Crippen LogP) is 10.6. The molecule has 0 rings (SSSR count). The standard InChI is InChI=1S/C32H62O4/c1-3-5-7-9-11-12-13-14-15-16-17-18-20-22-24-29-32(35)36-30(27-25-28-31(33)34)26-23-21-19-10-8-6-4-2/h30H,3-29H2,1-2H3,(H,33,34). The summed E-state index contributed by atoms with van der Waals surface area (Å²) in [5.74, 6) is -0.859. The number of aliphatic carboxylic acids is 1. The molecule has 0 aromatic heterocycles. The van der Waals surface area contributed by atoms with Crippen LogP contribution in [-0.4, -0.2) is 23.1 Å². The van der Waals surface area contributed by atoms with Crippen LogP contribution in [0.2, 0.25) is 0 Å². The van der Waals surface area contributed by atoms with Crippen molar-refractivity contribution in [3.63, 3.8) is 0 Å². The van der Waals surface area contributed by atoms with Crippen molar-refractivity contribution in [2.75, 3.05) is 0 Å². The third kappa shape index (κ3) is 27.5. The third-order valence-corrected chi connectivity index (χ3v) is 7.33. The molecule has 4 heteroatoms. The van der Waals surface area contributed by atoms with Crippen molar-refractivity contribution in [3.8, 4) is 0 Å². The summed E-state index contributed by atoms with van der Waals surface area (Å²) in [4.78, 5) is 23.2. The lowest BCUT2D eigenvalue weighted by Crippen LogP contribution is -2.18. The zero-order valence-corrected chi connectivity index (χ0v) is 24.3. The van der Waals surface area contributed by atoms with Crippen LogP contribution in [0.3, 0.4) is 0 Å². The first kappa shape index (κ1) is 34.9. The van der Waals surface area contributed by atoms with E-state index in [1.807, 2.05) is 0 Å². The molecule has 36 heavy (non-hydrogen) atoms. The van der Waals surface area contributed by atoms with Gasteiger partial charge in [0.25, 0.3) is 0 Å². The highest BCUT2D eigenvalue weighted by Crippen LogP contribution is 2.18. The molecule has 0 heterocycles. The van der Waals surface area contributed by atoms with Crippen LogP contribution >= 0.6 is 0 Å². The lowest BCUT2D eigenvalue weighted by molar-refractivity contribution is -0.150. The monoisotopic (exact) mass is 510 g/mol. The fourth-order valence-electron chi connectivity index (χ4n) is 4.96. The molecule has 1 unspecified atom stereocenters. The van der Waals surface area contributed by atoms with Crippen LogP contribution in [0, 0.1) is 0 Å². The zero-order valence-electron chi connectivity index (χ0n) is 24.3. The molecule has 4 nitrogen and oxygen atoms in total. The lowest BCUT2D eigenvalue weighted by Gasteiger charge is -2.18. The molecule has 0 spiro atoms. The fraction of sp³-hybridized carbons (Fsp3) is 0.938. The summed E-state index contributed by atoms with van der Waals surface area (Å²) in [5, 5.41) is 8.92. The Hall–Kier alpha value is -1.06. The molecule has 0 fully saturated rings. The van der Waals surface area contributed by atoms with Gasteiger partial charge in [-0.3, -0.25) is 9.59 Å². The van der Waals surface area contributed by atoms with Gasteiger partial charge in [0.15, 0.2) is 0 Å². The van der Waals surface area contributed by atoms with Crippen LogP contribution < -0.4 is 0 Å². The summed E-state index contributed by atoms with van der Waals surface area (Å²) in [6, 6.07) is 0. The van der Waals surface area contributed by atoms with E-state index in [4.69, 9.17) is 9.84 Å². The van der Waals surface area contributed by atoms with Crippen molar-refractivity contribution < 1.29 is 19.4 Å². The largest absolute Gasteiger partial charge is 0.481 e. The van der Waals surface area contributed by atoms with Crippen molar-refractivity contribution in [2.24, 2.45) is 0 Å². The van der Waals surface area contributed by atoms with Gasteiger partial charge < -0.3 is 9.84 Å². The minimum atomic E-state index is -0.770. The molecular formula is C32H62O4. The van der Waals surface area contributed by atoms with E-state index in [0.29, 0.717) is 19.3 Å². The highest BCUT2D eigenvalue weighted by atomic mass is 16.5. The first-order valence-corrected chi connectivity index (χ1v) is 16.0. The Balaban J connectivity index is 3.74. The average molecular weight is 511 g/mol. The first-order valence-electron chi connectivity index (χ1n) is 16.0. The second-order valence-electron chi connectivity index (χ2n) is 11.0. The van der Waals surface area contributed by atoms with E-state index >= 15 is 0 Å². The van der Waals surface area contributed by atoms with Gasteiger partial charge >= 0.3 is 11.9 Å². The Bertz CT molecular complexity index is 477. The van der Waals surface area contributed by atoms with Crippen LogP contribution in [0.15, 0.2) is 0 Å². The van der Waals surface area contributed by atoms with E-state index in [1.54, 1.807) is 0 Å². The molecular weight excluding hydrogens is 448 g/mol. The van der Waals surface area contributed by atoms with E-state index in [2.05, 4.69) is 13.8 Å². The highest BCUT2D eigenvalue weighted by molar-refractivity contribution is 5.69. The van der Waals surface area contributed by atoms with Crippen LogP contribution in [0.4, 0.5) is 0 Å². The first-order chi connectivity index (χ1) is 17.6.